The molecule has 0 N–H and O–H groups in total. The largest absolute Gasteiger partial charge is 0.340 e. The molecule has 2 aliphatic rings. The third kappa shape index (κ3) is 2.28. The molecule has 1 amide bonds. The first-order valence-corrected chi connectivity index (χ1v) is 7.38. The molecule has 4 heterocycles. The maximum absolute atomic E-state index is 12.4. The van der Waals surface area contributed by atoms with E-state index >= 15 is 0 Å². The number of fused-ring (bicyclic) bond motifs is 1. The van der Waals surface area contributed by atoms with E-state index in [1.165, 1.54) is 6.20 Å². The molecule has 2 aromatic heterocycles. The molecular formula is C15H16N6O. The number of carbonyl (C=O) groups excluding carboxylic acids is 1. The van der Waals surface area contributed by atoms with Gasteiger partial charge in [-0.25, -0.2) is 15.0 Å². The van der Waals surface area contributed by atoms with Gasteiger partial charge in [0.05, 0.1) is 6.20 Å². The number of likely N-dealkylation sites (tertiary alicyclic amines) is 1. The lowest BCUT2D eigenvalue weighted by Gasteiger charge is -2.21. The van der Waals surface area contributed by atoms with Crippen molar-refractivity contribution in [1.29, 1.82) is 0 Å². The van der Waals surface area contributed by atoms with E-state index in [9.17, 15) is 4.79 Å². The van der Waals surface area contributed by atoms with Crippen LogP contribution in [0.1, 0.15) is 10.5 Å². The van der Waals surface area contributed by atoms with Crippen molar-refractivity contribution >= 4 is 11.9 Å². The van der Waals surface area contributed by atoms with Gasteiger partial charge >= 0.3 is 0 Å². The first-order valence-electron chi connectivity index (χ1n) is 7.38. The summed E-state index contributed by atoms with van der Waals surface area (Å²) in [6, 6.07) is 1.82. The highest BCUT2D eigenvalue weighted by Gasteiger charge is 2.42. The fourth-order valence-corrected chi connectivity index (χ4v) is 3.35. The predicted octanol–water partition coefficient (Wildman–Crippen LogP) is 0.475. The van der Waals surface area contributed by atoms with Gasteiger partial charge in [-0.05, 0) is 6.07 Å². The third-order valence-corrected chi connectivity index (χ3v) is 4.39. The standard InChI is InChI=1S/C15H16N6O/c22-14(13-6-16-4-5-17-13)20-7-11-9-21(10-12(11)8-20)15-18-2-1-3-19-15/h1-6,11-12H,7-10H2/t11-,12+. The molecule has 2 atom stereocenters. The summed E-state index contributed by atoms with van der Waals surface area (Å²) in [5, 5.41) is 0. The first kappa shape index (κ1) is 13.1. The molecule has 2 aromatic rings. The minimum Gasteiger partial charge on any atom is -0.340 e. The van der Waals surface area contributed by atoms with Crippen molar-refractivity contribution in [2.24, 2.45) is 11.8 Å². The summed E-state index contributed by atoms with van der Waals surface area (Å²) in [5.41, 5.74) is 0.422. The molecule has 7 nitrogen and oxygen atoms in total. The average Bonchev–Trinajstić information content (AvgIpc) is 3.15. The minimum atomic E-state index is -0.0231. The maximum atomic E-state index is 12.4. The molecule has 0 aliphatic carbocycles. The number of anilines is 1. The van der Waals surface area contributed by atoms with Crippen LogP contribution in [0.4, 0.5) is 5.95 Å². The Labute approximate surface area is 128 Å². The number of hydrogen-bond acceptors (Lipinski definition) is 6. The highest BCUT2D eigenvalue weighted by Crippen LogP contribution is 2.33. The van der Waals surface area contributed by atoms with Crippen molar-refractivity contribution < 1.29 is 4.79 Å². The van der Waals surface area contributed by atoms with Gasteiger partial charge < -0.3 is 9.80 Å². The molecule has 2 fully saturated rings. The van der Waals surface area contributed by atoms with Crippen LogP contribution >= 0.6 is 0 Å². The summed E-state index contributed by atoms with van der Waals surface area (Å²) in [6.45, 7) is 3.34. The molecule has 2 aliphatic heterocycles. The second-order valence-electron chi connectivity index (χ2n) is 5.77. The summed E-state index contributed by atoms with van der Waals surface area (Å²) < 4.78 is 0. The summed E-state index contributed by atoms with van der Waals surface area (Å²) in [5.74, 6) is 1.71. The van der Waals surface area contributed by atoms with Crippen LogP contribution in [0.2, 0.25) is 0 Å². The van der Waals surface area contributed by atoms with Crippen LogP contribution in [0.5, 0.6) is 0 Å². The predicted molar refractivity (Wildman–Crippen MR) is 79.2 cm³/mol. The van der Waals surface area contributed by atoms with Crippen LogP contribution in [0, 0.1) is 11.8 Å². The smallest absolute Gasteiger partial charge is 0.274 e. The van der Waals surface area contributed by atoms with E-state index in [-0.39, 0.29) is 5.91 Å². The van der Waals surface area contributed by atoms with E-state index in [4.69, 9.17) is 0 Å². The molecule has 2 saturated heterocycles. The fraction of sp³-hybridized carbons (Fsp3) is 0.400. The zero-order chi connectivity index (χ0) is 14.9. The highest BCUT2D eigenvalue weighted by atomic mass is 16.2. The number of aromatic nitrogens is 4. The normalized spacial score (nSPS) is 23.6. The van der Waals surface area contributed by atoms with Gasteiger partial charge in [0, 0.05) is 62.8 Å². The van der Waals surface area contributed by atoms with E-state index in [0.717, 1.165) is 32.1 Å². The van der Waals surface area contributed by atoms with Crippen molar-refractivity contribution in [2.75, 3.05) is 31.1 Å². The topological polar surface area (TPSA) is 75.1 Å². The Bertz CT molecular complexity index is 650. The van der Waals surface area contributed by atoms with E-state index in [0.29, 0.717) is 17.5 Å². The summed E-state index contributed by atoms with van der Waals surface area (Å²) >= 11 is 0. The van der Waals surface area contributed by atoms with Crippen molar-refractivity contribution in [3.8, 4) is 0 Å². The van der Waals surface area contributed by atoms with E-state index in [1.807, 2.05) is 11.0 Å². The fourth-order valence-electron chi connectivity index (χ4n) is 3.35. The van der Waals surface area contributed by atoms with Gasteiger partial charge in [-0.15, -0.1) is 0 Å². The third-order valence-electron chi connectivity index (χ3n) is 4.39. The minimum absolute atomic E-state index is 0.0231. The van der Waals surface area contributed by atoms with Crippen LogP contribution in [-0.4, -0.2) is 56.9 Å². The molecule has 0 saturated carbocycles. The van der Waals surface area contributed by atoms with E-state index < -0.39 is 0 Å². The molecular weight excluding hydrogens is 280 g/mol. The van der Waals surface area contributed by atoms with Crippen LogP contribution in [-0.2, 0) is 0 Å². The number of carbonyl (C=O) groups is 1. The zero-order valence-corrected chi connectivity index (χ0v) is 12.0. The molecule has 112 valence electrons. The van der Waals surface area contributed by atoms with Gasteiger partial charge in [0.1, 0.15) is 5.69 Å². The molecule has 22 heavy (non-hydrogen) atoms. The second kappa shape index (κ2) is 5.32. The SMILES string of the molecule is O=C(c1cnccn1)N1C[C@@H]2CN(c3ncccn3)C[C@@H]2C1. The molecule has 0 bridgehead atoms. The lowest BCUT2D eigenvalue weighted by molar-refractivity contribution is 0.0776. The highest BCUT2D eigenvalue weighted by molar-refractivity contribution is 5.92. The van der Waals surface area contributed by atoms with E-state index in [1.54, 1.807) is 24.8 Å². The lowest BCUT2D eigenvalue weighted by atomic mass is 10.0. The number of hydrogen-bond donors (Lipinski definition) is 0. The van der Waals surface area contributed by atoms with Gasteiger partial charge in [0.15, 0.2) is 0 Å². The van der Waals surface area contributed by atoms with Gasteiger partial charge in [0.25, 0.3) is 5.91 Å². The Morgan fingerprint density at radius 3 is 2.32 bits per heavy atom. The lowest BCUT2D eigenvalue weighted by Crippen LogP contribution is -2.34. The number of nitrogens with zero attached hydrogens (tertiary/aromatic N) is 6. The Hall–Kier alpha value is -2.57. The van der Waals surface area contributed by atoms with Crippen molar-refractivity contribution in [3.05, 3.63) is 42.7 Å². The van der Waals surface area contributed by atoms with Crippen LogP contribution in [0.15, 0.2) is 37.1 Å². The van der Waals surface area contributed by atoms with Crippen LogP contribution in [0.3, 0.4) is 0 Å². The van der Waals surface area contributed by atoms with E-state index in [2.05, 4.69) is 24.8 Å². The Morgan fingerprint density at radius 2 is 1.68 bits per heavy atom. The van der Waals surface area contributed by atoms with Gasteiger partial charge in [-0.2, -0.15) is 0 Å². The molecule has 7 heteroatoms. The van der Waals surface area contributed by atoms with Gasteiger partial charge in [-0.3, -0.25) is 9.78 Å². The molecule has 4 rings (SSSR count). The van der Waals surface area contributed by atoms with Crippen molar-refractivity contribution in [1.82, 2.24) is 24.8 Å². The number of amides is 1. The van der Waals surface area contributed by atoms with Crippen molar-refractivity contribution in [3.63, 3.8) is 0 Å². The molecule has 0 unspecified atom stereocenters. The van der Waals surface area contributed by atoms with Gasteiger partial charge in [0.2, 0.25) is 5.95 Å². The zero-order valence-electron chi connectivity index (χ0n) is 12.0. The summed E-state index contributed by atoms with van der Waals surface area (Å²) in [7, 11) is 0. The number of rotatable bonds is 2. The second-order valence-corrected chi connectivity index (χ2v) is 5.77. The van der Waals surface area contributed by atoms with Crippen molar-refractivity contribution in [2.45, 2.75) is 0 Å². The summed E-state index contributed by atoms with van der Waals surface area (Å²) in [4.78, 5) is 33.2. The molecule has 0 radical (unpaired) electrons. The Morgan fingerprint density at radius 1 is 0.955 bits per heavy atom. The Balaban J connectivity index is 1.43. The molecule has 0 spiro atoms. The monoisotopic (exact) mass is 296 g/mol. The Kier molecular flexibility index (Phi) is 3.17. The maximum Gasteiger partial charge on any atom is 0.274 e. The first-order chi connectivity index (χ1) is 10.8. The van der Waals surface area contributed by atoms with Crippen LogP contribution < -0.4 is 4.90 Å². The van der Waals surface area contributed by atoms with Gasteiger partial charge in [-0.1, -0.05) is 0 Å². The summed E-state index contributed by atoms with van der Waals surface area (Å²) in [6.07, 6.45) is 8.19. The molecule has 0 aromatic carbocycles. The average molecular weight is 296 g/mol. The quantitative estimate of drug-likeness (QED) is 0.802. The van der Waals surface area contributed by atoms with Crippen LogP contribution in [0.25, 0.3) is 0 Å².